The normalized spacial score (nSPS) is 16.6. The van der Waals surface area contributed by atoms with Crippen LogP contribution in [0.2, 0.25) is 5.02 Å². The molecule has 1 N–H and O–H groups in total. The number of rotatable bonds is 2. The van der Waals surface area contributed by atoms with E-state index in [2.05, 4.69) is 0 Å². The molecule has 1 aromatic rings. The predicted molar refractivity (Wildman–Crippen MR) is 57.0 cm³/mol. The fraction of sp³-hybridized carbons (Fsp3) is 0.500. The van der Waals surface area contributed by atoms with Crippen molar-refractivity contribution in [3.05, 3.63) is 23.0 Å². The Bertz CT molecular complexity index is 383. The zero-order valence-electron chi connectivity index (χ0n) is 8.48. The van der Waals surface area contributed by atoms with E-state index in [-0.39, 0.29) is 12.0 Å². The SMILES string of the molecule is CCn1cc(Cl)cc1C(=O)N1CC(O)C1. The Labute approximate surface area is 93.1 Å². The Balaban J connectivity index is 2.17. The van der Waals surface area contributed by atoms with Crippen LogP contribution in [0.3, 0.4) is 0 Å². The molecule has 2 rings (SSSR count). The molecule has 5 heteroatoms. The second-order valence-corrected chi connectivity index (χ2v) is 4.13. The quantitative estimate of drug-likeness (QED) is 0.820. The van der Waals surface area contributed by atoms with Crippen LogP contribution < -0.4 is 0 Å². The highest BCUT2D eigenvalue weighted by Crippen LogP contribution is 2.18. The van der Waals surface area contributed by atoms with E-state index in [1.54, 1.807) is 17.2 Å². The van der Waals surface area contributed by atoms with E-state index >= 15 is 0 Å². The van der Waals surface area contributed by atoms with Gasteiger partial charge in [-0.15, -0.1) is 0 Å². The number of nitrogens with zero attached hydrogens (tertiary/aromatic N) is 2. The zero-order valence-corrected chi connectivity index (χ0v) is 9.24. The molecule has 0 aromatic carbocycles. The van der Waals surface area contributed by atoms with Crippen LogP contribution in [0, 0.1) is 0 Å². The second kappa shape index (κ2) is 3.87. The number of likely N-dealkylation sites (tertiary alicyclic amines) is 1. The Morgan fingerprint density at radius 3 is 2.87 bits per heavy atom. The van der Waals surface area contributed by atoms with Gasteiger partial charge in [-0.2, -0.15) is 0 Å². The van der Waals surface area contributed by atoms with Crippen LogP contribution in [0.15, 0.2) is 12.3 Å². The Kier molecular flexibility index (Phi) is 2.71. The standard InChI is InChI=1S/C10H13ClN2O2/c1-2-12-4-7(11)3-9(12)10(15)13-5-8(14)6-13/h3-4,8,14H,2,5-6H2,1H3. The Morgan fingerprint density at radius 2 is 2.33 bits per heavy atom. The van der Waals surface area contributed by atoms with E-state index in [1.165, 1.54) is 0 Å². The van der Waals surface area contributed by atoms with Gasteiger partial charge >= 0.3 is 0 Å². The van der Waals surface area contributed by atoms with Gasteiger partial charge in [0.25, 0.3) is 5.91 Å². The van der Waals surface area contributed by atoms with Crippen LogP contribution in [0.5, 0.6) is 0 Å². The lowest BCUT2D eigenvalue weighted by Gasteiger charge is -2.35. The van der Waals surface area contributed by atoms with Crippen LogP contribution in [-0.4, -0.2) is 39.7 Å². The molecule has 1 aliphatic rings. The molecule has 1 amide bonds. The number of β-amino-alcohol motifs (C(OH)–C–C–N with tert-alkyl or cyclic N) is 1. The van der Waals surface area contributed by atoms with Gasteiger partial charge in [0.15, 0.2) is 0 Å². The fourth-order valence-corrected chi connectivity index (χ4v) is 1.92. The summed E-state index contributed by atoms with van der Waals surface area (Å²) in [5.74, 6) is -0.0611. The van der Waals surface area contributed by atoms with E-state index in [4.69, 9.17) is 16.7 Å². The molecule has 1 saturated heterocycles. The molecule has 1 aliphatic heterocycles. The lowest BCUT2D eigenvalue weighted by atomic mass is 10.1. The number of hydrogen-bond donors (Lipinski definition) is 1. The molecule has 0 unspecified atom stereocenters. The van der Waals surface area contributed by atoms with Gasteiger partial charge in [-0.3, -0.25) is 4.79 Å². The minimum atomic E-state index is -0.366. The van der Waals surface area contributed by atoms with E-state index in [0.717, 1.165) is 0 Å². The molecule has 2 heterocycles. The Morgan fingerprint density at radius 1 is 1.67 bits per heavy atom. The molecular weight excluding hydrogens is 216 g/mol. The summed E-state index contributed by atoms with van der Waals surface area (Å²) in [6.07, 6.45) is 1.37. The van der Waals surface area contributed by atoms with E-state index < -0.39 is 0 Å². The van der Waals surface area contributed by atoms with Crippen molar-refractivity contribution >= 4 is 17.5 Å². The smallest absolute Gasteiger partial charge is 0.270 e. The van der Waals surface area contributed by atoms with Crippen LogP contribution in [-0.2, 0) is 6.54 Å². The van der Waals surface area contributed by atoms with Crippen molar-refractivity contribution in [2.24, 2.45) is 0 Å². The topological polar surface area (TPSA) is 45.5 Å². The third kappa shape index (κ3) is 1.87. The molecule has 4 nitrogen and oxygen atoms in total. The first-order valence-electron chi connectivity index (χ1n) is 4.95. The number of aliphatic hydroxyl groups excluding tert-OH is 1. The first-order valence-corrected chi connectivity index (χ1v) is 5.32. The fourth-order valence-electron chi connectivity index (χ4n) is 1.70. The summed E-state index contributed by atoms with van der Waals surface area (Å²) in [5.41, 5.74) is 0.592. The van der Waals surface area contributed by atoms with Crippen molar-refractivity contribution in [1.29, 1.82) is 0 Å². The number of aromatic nitrogens is 1. The zero-order chi connectivity index (χ0) is 11.0. The summed E-state index contributed by atoms with van der Waals surface area (Å²) in [6.45, 7) is 3.51. The van der Waals surface area contributed by atoms with Gasteiger partial charge < -0.3 is 14.6 Å². The molecule has 82 valence electrons. The van der Waals surface area contributed by atoms with Gasteiger partial charge in [-0.1, -0.05) is 11.6 Å². The number of aryl methyl sites for hydroxylation is 1. The highest BCUT2D eigenvalue weighted by Gasteiger charge is 2.30. The van der Waals surface area contributed by atoms with Crippen LogP contribution in [0.1, 0.15) is 17.4 Å². The van der Waals surface area contributed by atoms with Gasteiger partial charge in [0.05, 0.1) is 11.1 Å². The van der Waals surface area contributed by atoms with E-state index in [9.17, 15) is 4.79 Å². The number of halogens is 1. The van der Waals surface area contributed by atoms with Crippen molar-refractivity contribution < 1.29 is 9.90 Å². The van der Waals surface area contributed by atoms with E-state index in [0.29, 0.717) is 30.4 Å². The molecule has 0 radical (unpaired) electrons. The molecule has 0 spiro atoms. The summed E-state index contributed by atoms with van der Waals surface area (Å²) < 4.78 is 1.81. The molecule has 1 aromatic heterocycles. The average molecular weight is 229 g/mol. The van der Waals surface area contributed by atoms with Crippen molar-refractivity contribution in [3.63, 3.8) is 0 Å². The summed E-state index contributed by atoms with van der Waals surface area (Å²) >= 11 is 5.84. The lowest BCUT2D eigenvalue weighted by molar-refractivity contribution is 0.00520. The van der Waals surface area contributed by atoms with Gasteiger partial charge in [-0.05, 0) is 13.0 Å². The molecule has 0 aliphatic carbocycles. The first kappa shape index (κ1) is 10.5. The summed E-state index contributed by atoms with van der Waals surface area (Å²) in [7, 11) is 0. The van der Waals surface area contributed by atoms with Crippen LogP contribution in [0.4, 0.5) is 0 Å². The first-order chi connectivity index (χ1) is 7.11. The molecular formula is C10H13ClN2O2. The molecule has 0 atom stereocenters. The largest absolute Gasteiger partial charge is 0.389 e. The number of carbonyl (C=O) groups is 1. The molecule has 0 bridgehead atoms. The maximum absolute atomic E-state index is 11.9. The summed E-state index contributed by atoms with van der Waals surface area (Å²) in [4.78, 5) is 13.5. The third-order valence-corrected chi connectivity index (χ3v) is 2.78. The number of amides is 1. The van der Waals surface area contributed by atoms with Crippen molar-refractivity contribution in [2.45, 2.75) is 19.6 Å². The van der Waals surface area contributed by atoms with Gasteiger partial charge in [0.2, 0.25) is 0 Å². The number of carbonyl (C=O) groups excluding carboxylic acids is 1. The number of hydrogen-bond acceptors (Lipinski definition) is 2. The van der Waals surface area contributed by atoms with Crippen LogP contribution in [0.25, 0.3) is 0 Å². The minimum Gasteiger partial charge on any atom is -0.389 e. The highest BCUT2D eigenvalue weighted by atomic mass is 35.5. The molecule has 0 saturated carbocycles. The minimum absolute atomic E-state index is 0.0611. The van der Waals surface area contributed by atoms with Crippen molar-refractivity contribution in [1.82, 2.24) is 9.47 Å². The van der Waals surface area contributed by atoms with E-state index in [1.807, 2.05) is 11.5 Å². The van der Waals surface area contributed by atoms with Gasteiger partial charge in [0, 0.05) is 25.8 Å². The second-order valence-electron chi connectivity index (χ2n) is 3.69. The number of aliphatic hydroxyl groups is 1. The van der Waals surface area contributed by atoms with Gasteiger partial charge in [0.1, 0.15) is 5.69 Å². The maximum Gasteiger partial charge on any atom is 0.270 e. The van der Waals surface area contributed by atoms with Crippen molar-refractivity contribution in [2.75, 3.05) is 13.1 Å². The van der Waals surface area contributed by atoms with Gasteiger partial charge in [-0.25, -0.2) is 0 Å². The molecule has 1 fully saturated rings. The average Bonchev–Trinajstić information content (AvgIpc) is 2.53. The monoisotopic (exact) mass is 228 g/mol. The van der Waals surface area contributed by atoms with Crippen LogP contribution >= 0.6 is 11.6 Å². The third-order valence-electron chi connectivity index (χ3n) is 2.57. The lowest BCUT2D eigenvalue weighted by Crippen LogP contribution is -2.53. The summed E-state index contributed by atoms with van der Waals surface area (Å²) in [5, 5.41) is 9.69. The summed E-state index contributed by atoms with van der Waals surface area (Å²) in [6, 6.07) is 1.66. The highest BCUT2D eigenvalue weighted by molar-refractivity contribution is 6.31. The maximum atomic E-state index is 11.9. The molecule has 15 heavy (non-hydrogen) atoms. The predicted octanol–water partition coefficient (Wildman–Crippen LogP) is 0.978. The Hall–Kier alpha value is -1.00. The van der Waals surface area contributed by atoms with Crippen molar-refractivity contribution in [3.8, 4) is 0 Å².